The number of amides is 2. The zero-order chi connectivity index (χ0) is 20.9. The fraction of sp³-hybridized carbons (Fsp3) is 0.550. The Hall–Kier alpha value is -2.77. The molecule has 0 unspecified atom stereocenters. The Labute approximate surface area is 165 Å². The van der Waals surface area contributed by atoms with Crippen LogP contribution in [0.4, 0.5) is 9.59 Å². The number of piperazine rings is 1. The van der Waals surface area contributed by atoms with Crippen molar-refractivity contribution in [3.8, 4) is 0 Å². The Balaban J connectivity index is 2.09. The highest BCUT2D eigenvalue weighted by atomic mass is 16.6. The summed E-state index contributed by atoms with van der Waals surface area (Å²) in [7, 11) is 1.24. The van der Waals surface area contributed by atoms with E-state index < -0.39 is 35.8 Å². The van der Waals surface area contributed by atoms with E-state index in [2.05, 4.69) is 0 Å². The van der Waals surface area contributed by atoms with Gasteiger partial charge in [-0.15, -0.1) is 0 Å². The summed E-state index contributed by atoms with van der Waals surface area (Å²) in [6, 6.07) is 7.89. The fourth-order valence-corrected chi connectivity index (χ4v) is 2.99. The third kappa shape index (κ3) is 5.61. The number of hydrogen-bond donors (Lipinski definition) is 0. The van der Waals surface area contributed by atoms with E-state index in [1.54, 1.807) is 27.7 Å². The number of carbonyl (C=O) groups is 3. The van der Waals surface area contributed by atoms with E-state index in [9.17, 15) is 14.4 Å². The van der Waals surface area contributed by atoms with Crippen molar-refractivity contribution in [3.05, 3.63) is 35.9 Å². The van der Waals surface area contributed by atoms with E-state index in [1.807, 2.05) is 30.3 Å². The first kappa shape index (κ1) is 21.5. The van der Waals surface area contributed by atoms with Crippen molar-refractivity contribution < 1.29 is 28.6 Å². The van der Waals surface area contributed by atoms with Crippen LogP contribution in [0, 0.1) is 0 Å². The van der Waals surface area contributed by atoms with Crippen molar-refractivity contribution >= 4 is 18.2 Å². The molecule has 1 heterocycles. The molecule has 1 aromatic carbocycles. The molecular formula is C20H28N2O6. The van der Waals surface area contributed by atoms with Gasteiger partial charge in [0.15, 0.2) is 6.04 Å². The average Bonchev–Trinajstić information content (AvgIpc) is 2.64. The van der Waals surface area contributed by atoms with Crippen molar-refractivity contribution in [2.75, 3.05) is 20.2 Å². The third-order valence-electron chi connectivity index (χ3n) is 4.23. The minimum Gasteiger partial charge on any atom is -0.467 e. The summed E-state index contributed by atoms with van der Waals surface area (Å²) in [5, 5.41) is 0. The number of rotatable bonds is 3. The fourth-order valence-electron chi connectivity index (χ4n) is 2.99. The first-order valence-electron chi connectivity index (χ1n) is 9.17. The molecule has 0 N–H and O–H groups in total. The van der Waals surface area contributed by atoms with Gasteiger partial charge in [0.1, 0.15) is 12.2 Å². The highest BCUT2D eigenvalue weighted by Crippen LogP contribution is 2.22. The molecular weight excluding hydrogens is 364 g/mol. The molecule has 0 saturated carbocycles. The Morgan fingerprint density at radius 3 is 2.29 bits per heavy atom. The lowest BCUT2D eigenvalue weighted by Crippen LogP contribution is -2.64. The molecule has 0 radical (unpaired) electrons. The Morgan fingerprint density at radius 2 is 1.71 bits per heavy atom. The number of methoxy groups -OCH3 is 1. The van der Waals surface area contributed by atoms with E-state index in [0.717, 1.165) is 5.56 Å². The van der Waals surface area contributed by atoms with Gasteiger partial charge in [0.25, 0.3) is 0 Å². The van der Waals surface area contributed by atoms with E-state index in [4.69, 9.17) is 14.2 Å². The monoisotopic (exact) mass is 392 g/mol. The van der Waals surface area contributed by atoms with Crippen LogP contribution in [0.25, 0.3) is 0 Å². The van der Waals surface area contributed by atoms with Crippen LogP contribution < -0.4 is 0 Å². The van der Waals surface area contributed by atoms with E-state index in [0.29, 0.717) is 0 Å². The first-order chi connectivity index (χ1) is 13.1. The van der Waals surface area contributed by atoms with Crippen LogP contribution in [0.2, 0.25) is 0 Å². The molecule has 2 atom stereocenters. The first-order valence-corrected chi connectivity index (χ1v) is 9.17. The lowest BCUT2D eigenvalue weighted by atomic mass is 10.1. The molecule has 8 heteroatoms. The van der Waals surface area contributed by atoms with E-state index in [1.165, 1.54) is 16.9 Å². The SMILES string of the molecule is COC(=O)[C@@H]1CN(C(=O)OCc2ccccc2)C[C@@H](C)N1C(=O)OC(C)(C)C. The maximum absolute atomic E-state index is 12.6. The topological polar surface area (TPSA) is 85.4 Å². The van der Waals surface area contributed by atoms with Crippen LogP contribution in [-0.2, 0) is 25.6 Å². The smallest absolute Gasteiger partial charge is 0.411 e. The Bertz CT molecular complexity index is 700. The Kier molecular flexibility index (Phi) is 6.88. The lowest BCUT2D eigenvalue weighted by molar-refractivity contribution is -0.150. The number of carbonyl (C=O) groups excluding carboxylic acids is 3. The molecule has 0 aliphatic carbocycles. The molecule has 1 aliphatic heterocycles. The average molecular weight is 392 g/mol. The summed E-state index contributed by atoms with van der Waals surface area (Å²) in [5.74, 6) is -0.613. The summed E-state index contributed by atoms with van der Waals surface area (Å²) in [6.45, 7) is 7.32. The molecule has 0 bridgehead atoms. The van der Waals surface area contributed by atoms with Crippen LogP contribution >= 0.6 is 0 Å². The minimum atomic E-state index is -0.965. The van der Waals surface area contributed by atoms with Crippen molar-refractivity contribution in [3.63, 3.8) is 0 Å². The van der Waals surface area contributed by atoms with Gasteiger partial charge in [0.05, 0.1) is 19.7 Å². The molecule has 8 nitrogen and oxygen atoms in total. The summed E-state index contributed by atoms with van der Waals surface area (Å²) < 4.78 is 15.6. The van der Waals surface area contributed by atoms with Gasteiger partial charge >= 0.3 is 18.2 Å². The van der Waals surface area contributed by atoms with Crippen LogP contribution in [0.1, 0.15) is 33.3 Å². The van der Waals surface area contributed by atoms with Crippen LogP contribution in [-0.4, -0.2) is 65.8 Å². The zero-order valence-electron chi connectivity index (χ0n) is 17.0. The van der Waals surface area contributed by atoms with Crippen LogP contribution in [0.3, 0.4) is 0 Å². The summed E-state index contributed by atoms with van der Waals surface area (Å²) in [6.07, 6.45) is -1.17. The number of benzene rings is 1. The van der Waals surface area contributed by atoms with Gasteiger partial charge < -0.3 is 19.1 Å². The Morgan fingerprint density at radius 1 is 1.07 bits per heavy atom. The molecule has 1 aliphatic rings. The number of ether oxygens (including phenoxy) is 3. The summed E-state index contributed by atoms with van der Waals surface area (Å²) >= 11 is 0. The largest absolute Gasteiger partial charge is 0.467 e. The molecule has 1 aromatic rings. The highest BCUT2D eigenvalue weighted by Gasteiger charge is 2.43. The molecule has 1 fully saturated rings. The maximum atomic E-state index is 12.6. The van der Waals surface area contributed by atoms with Gasteiger partial charge in [0, 0.05) is 6.54 Å². The number of esters is 1. The summed E-state index contributed by atoms with van der Waals surface area (Å²) in [5.41, 5.74) is 0.157. The number of nitrogens with zero attached hydrogens (tertiary/aromatic N) is 2. The summed E-state index contributed by atoms with van der Waals surface area (Å²) in [4.78, 5) is 40.1. The molecule has 154 valence electrons. The second-order valence-electron chi connectivity index (χ2n) is 7.72. The zero-order valence-corrected chi connectivity index (χ0v) is 17.0. The molecule has 0 spiro atoms. The van der Waals surface area contributed by atoms with E-state index in [-0.39, 0.29) is 19.7 Å². The van der Waals surface area contributed by atoms with Gasteiger partial charge in [-0.1, -0.05) is 30.3 Å². The van der Waals surface area contributed by atoms with Crippen molar-refractivity contribution in [2.45, 2.75) is 52.0 Å². The lowest BCUT2D eigenvalue weighted by Gasteiger charge is -2.43. The van der Waals surface area contributed by atoms with E-state index >= 15 is 0 Å². The van der Waals surface area contributed by atoms with Gasteiger partial charge in [-0.2, -0.15) is 0 Å². The second kappa shape index (κ2) is 8.95. The normalized spacial score (nSPS) is 19.8. The van der Waals surface area contributed by atoms with Crippen LogP contribution in [0.5, 0.6) is 0 Å². The molecule has 2 amide bonds. The maximum Gasteiger partial charge on any atom is 0.411 e. The minimum absolute atomic E-state index is 0.0239. The molecule has 1 saturated heterocycles. The predicted molar refractivity (Wildman–Crippen MR) is 102 cm³/mol. The van der Waals surface area contributed by atoms with Crippen LogP contribution in [0.15, 0.2) is 30.3 Å². The quantitative estimate of drug-likeness (QED) is 0.581. The van der Waals surface area contributed by atoms with Gasteiger partial charge in [-0.3, -0.25) is 4.90 Å². The number of hydrogen-bond acceptors (Lipinski definition) is 6. The van der Waals surface area contributed by atoms with Crippen molar-refractivity contribution in [2.24, 2.45) is 0 Å². The molecule has 0 aromatic heterocycles. The van der Waals surface area contributed by atoms with Gasteiger partial charge in [-0.05, 0) is 33.3 Å². The standard InChI is InChI=1S/C20H28N2O6/c1-14-11-21(18(24)27-13-15-9-7-6-8-10-15)12-16(17(23)26-5)22(14)19(25)28-20(2,3)4/h6-10,14,16H,11-13H2,1-5H3/t14-,16+/m1/s1. The highest BCUT2D eigenvalue weighted by molar-refractivity contribution is 5.83. The molecule has 2 rings (SSSR count). The predicted octanol–water partition coefficient (Wildman–Crippen LogP) is 2.81. The third-order valence-corrected chi connectivity index (χ3v) is 4.23. The van der Waals surface area contributed by atoms with Gasteiger partial charge in [-0.25, -0.2) is 14.4 Å². The molecule has 28 heavy (non-hydrogen) atoms. The van der Waals surface area contributed by atoms with Gasteiger partial charge in [0.2, 0.25) is 0 Å². The van der Waals surface area contributed by atoms with Crippen molar-refractivity contribution in [1.29, 1.82) is 0 Å². The van der Waals surface area contributed by atoms with Crippen molar-refractivity contribution in [1.82, 2.24) is 9.80 Å². The second-order valence-corrected chi connectivity index (χ2v) is 7.72.